The van der Waals surface area contributed by atoms with Crippen LogP contribution in [0.1, 0.15) is 31.7 Å². The van der Waals surface area contributed by atoms with Crippen molar-refractivity contribution in [1.82, 2.24) is 10.2 Å². The van der Waals surface area contributed by atoms with Crippen LogP contribution in [0.3, 0.4) is 0 Å². The molecular weight excluding hydrogens is 260 g/mol. The van der Waals surface area contributed by atoms with Gasteiger partial charge in [-0.3, -0.25) is 4.90 Å². The zero-order valence-electron chi connectivity index (χ0n) is 13.2. The highest BCUT2D eigenvalue weighted by atomic mass is 16.5. The molecule has 116 valence electrons. The second-order valence-corrected chi connectivity index (χ2v) is 6.52. The molecule has 0 aliphatic carbocycles. The SMILES string of the molecule is CCCN(CC1CCCNC1)CC1Cc2ccccc2O1. The van der Waals surface area contributed by atoms with Crippen molar-refractivity contribution in [1.29, 1.82) is 0 Å². The maximum atomic E-state index is 6.12. The molecule has 1 saturated heterocycles. The molecule has 1 fully saturated rings. The first-order chi connectivity index (χ1) is 10.3. The first kappa shape index (κ1) is 14.9. The minimum atomic E-state index is 0.338. The molecule has 2 aliphatic rings. The van der Waals surface area contributed by atoms with Gasteiger partial charge in [0.25, 0.3) is 0 Å². The number of benzene rings is 1. The molecule has 21 heavy (non-hydrogen) atoms. The summed E-state index contributed by atoms with van der Waals surface area (Å²) in [6, 6.07) is 8.48. The summed E-state index contributed by atoms with van der Waals surface area (Å²) in [5, 5.41) is 3.53. The Hall–Kier alpha value is -1.06. The number of rotatable bonds is 6. The molecular formula is C18H28N2O. The maximum absolute atomic E-state index is 6.12. The van der Waals surface area contributed by atoms with Gasteiger partial charge >= 0.3 is 0 Å². The third-order valence-electron chi connectivity index (χ3n) is 4.63. The van der Waals surface area contributed by atoms with Crippen molar-refractivity contribution in [3.05, 3.63) is 29.8 Å². The number of ether oxygens (including phenoxy) is 1. The van der Waals surface area contributed by atoms with E-state index in [2.05, 4.69) is 41.4 Å². The fourth-order valence-corrected chi connectivity index (χ4v) is 3.66. The van der Waals surface area contributed by atoms with Crippen LogP contribution in [0.2, 0.25) is 0 Å². The summed E-state index contributed by atoms with van der Waals surface area (Å²) in [6.45, 7) is 8.14. The summed E-state index contributed by atoms with van der Waals surface area (Å²) in [5.41, 5.74) is 1.37. The highest BCUT2D eigenvalue weighted by Gasteiger charge is 2.25. The van der Waals surface area contributed by atoms with E-state index < -0.39 is 0 Å². The molecule has 2 unspecified atom stereocenters. The van der Waals surface area contributed by atoms with Crippen LogP contribution in [-0.2, 0) is 6.42 Å². The Kier molecular flexibility index (Phi) is 5.15. The van der Waals surface area contributed by atoms with Crippen LogP contribution in [-0.4, -0.2) is 43.7 Å². The second kappa shape index (κ2) is 7.28. The Labute approximate surface area is 128 Å². The van der Waals surface area contributed by atoms with Gasteiger partial charge in [0.15, 0.2) is 0 Å². The van der Waals surface area contributed by atoms with E-state index in [1.54, 1.807) is 0 Å². The van der Waals surface area contributed by atoms with Crippen LogP contribution in [0, 0.1) is 5.92 Å². The van der Waals surface area contributed by atoms with Crippen molar-refractivity contribution < 1.29 is 4.74 Å². The molecule has 1 aromatic rings. The Morgan fingerprint density at radius 2 is 2.19 bits per heavy atom. The zero-order chi connectivity index (χ0) is 14.5. The Morgan fingerprint density at radius 3 is 2.95 bits per heavy atom. The first-order valence-corrected chi connectivity index (χ1v) is 8.52. The second-order valence-electron chi connectivity index (χ2n) is 6.52. The largest absolute Gasteiger partial charge is 0.488 e. The molecule has 0 spiro atoms. The van der Waals surface area contributed by atoms with Gasteiger partial charge in [0.05, 0.1) is 0 Å². The Morgan fingerprint density at radius 1 is 1.29 bits per heavy atom. The molecule has 1 N–H and O–H groups in total. The lowest BCUT2D eigenvalue weighted by atomic mass is 9.98. The fraction of sp³-hybridized carbons (Fsp3) is 0.667. The van der Waals surface area contributed by atoms with Crippen LogP contribution in [0.15, 0.2) is 24.3 Å². The quantitative estimate of drug-likeness (QED) is 0.871. The van der Waals surface area contributed by atoms with Gasteiger partial charge in [-0.1, -0.05) is 25.1 Å². The van der Waals surface area contributed by atoms with E-state index in [0.29, 0.717) is 6.10 Å². The highest BCUT2D eigenvalue weighted by Crippen LogP contribution is 2.28. The van der Waals surface area contributed by atoms with Crippen molar-refractivity contribution >= 4 is 0 Å². The number of nitrogens with zero attached hydrogens (tertiary/aromatic N) is 1. The molecule has 0 radical (unpaired) electrons. The van der Waals surface area contributed by atoms with Crippen LogP contribution in [0.5, 0.6) is 5.75 Å². The zero-order valence-corrected chi connectivity index (χ0v) is 13.2. The van der Waals surface area contributed by atoms with Crippen molar-refractivity contribution in [2.45, 2.75) is 38.7 Å². The predicted octanol–water partition coefficient (Wildman–Crippen LogP) is 2.70. The standard InChI is InChI=1S/C18H28N2O/c1-2-10-20(13-15-6-5-9-19-12-15)14-17-11-16-7-3-4-8-18(16)21-17/h3-4,7-8,15,17,19H,2,5-6,9-14H2,1H3. The normalized spacial score (nSPS) is 24.9. The van der Waals surface area contributed by atoms with Gasteiger partial charge < -0.3 is 10.1 Å². The molecule has 3 rings (SSSR count). The number of piperidine rings is 1. The Balaban J connectivity index is 1.53. The third kappa shape index (κ3) is 3.98. The van der Waals surface area contributed by atoms with Gasteiger partial charge in [-0.25, -0.2) is 0 Å². The van der Waals surface area contributed by atoms with Gasteiger partial charge in [-0.15, -0.1) is 0 Å². The van der Waals surface area contributed by atoms with Gasteiger partial charge in [0, 0.05) is 19.5 Å². The molecule has 0 aromatic heterocycles. The van der Waals surface area contributed by atoms with Crippen LogP contribution >= 0.6 is 0 Å². The minimum Gasteiger partial charge on any atom is -0.488 e. The van der Waals surface area contributed by atoms with Crippen LogP contribution in [0.25, 0.3) is 0 Å². The first-order valence-electron chi connectivity index (χ1n) is 8.52. The summed E-state index contributed by atoms with van der Waals surface area (Å²) in [7, 11) is 0. The van der Waals surface area contributed by atoms with Crippen molar-refractivity contribution in [3.63, 3.8) is 0 Å². The van der Waals surface area contributed by atoms with Crippen molar-refractivity contribution in [2.75, 3.05) is 32.7 Å². The summed E-state index contributed by atoms with van der Waals surface area (Å²) in [5.74, 6) is 1.91. The van der Waals surface area contributed by atoms with E-state index in [4.69, 9.17) is 4.74 Å². The molecule has 2 heterocycles. The number of fused-ring (bicyclic) bond motifs is 1. The molecule has 2 aliphatic heterocycles. The maximum Gasteiger partial charge on any atom is 0.123 e. The molecule has 3 nitrogen and oxygen atoms in total. The van der Waals surface area contributed by atoms with Gasteiger partial charge in [-0.05, 0) is 56.4 Å². The summed E-state index contributed by atoms with van der Waals surface area (Å²) in [4.78, 5) is 2.62. The van der Waals surface area contributed by atoms with E-state index in [0.717, 1.165) is 24.6 Å². The van der Waals surface area contributed by atoms with Crippen molar-refractivity contribution in [2.24, 2.45) is 5.92 Å². The van der Waals surface area contributed by atoms with E-state index in [9.17, 15) is 0 Å². The van der Waals surface area contributed by atoms with Crippen molar-refractivity contribution in [3.8, 4) is 5.75 Å². The molecule has 0 saturated carbocycles. The van der Waals surface area contributed by atoms with E-state index in [1.165, 1.54) is 51.0 Å². The lowest BCUT2D eigenvalue weighted by molar-refractivity contribution is 0.130. The molecule has 2 atom stereocenters. The minimum absolute atomic E-state index is 0.338. The summed E-state index contributed by atoms with van der Waals surface area (Å²) >= 11 is 0. The topological polar surface area (TPSA) is 24.5 Å². The number of hydrogen-bond acceptors (Lipinski definition) is 3. The monoisotopic (exact) mass is 288 g/mol. The van der Waals surface area contributed by atoms with Gasteiger partial charge in [0.1, 0.15) is 11.9 Å². The number of hydrogen-bond donors (Lipinski definition) is 1. The average Bonchev–Trinajstić information content (AvgIpc) is 2.90. The smallest absolute Gasteiger partial charge is 0.123 e. The molecule has 0 amide bonds. The van der Waals surface area contributed by atoms with E-state index >= 15 is 0 Å². The lowest BCUT2D eigenvalue weighted by Crippen LogP contribution is -2.42. The summed E-state index contributed by atoms with van der Waals surface area (Å²) in [6.07, 6.45) is 5.33. The molecule has 3 heteroatoms. The van der Waals surface area contributed by atoms with Crippen LogP contribution in [0.4, 0.5) is 0 Å². The highest BCUT2D eigenvalue weighted by molar-refractivity contribution is 5.37. The fourth-order valence-electron chi connectivity index (χ4n) is 3.66. The Bertz CT molecular complexity index is 418. The van der Waals surface area contributed by atoms with Gasteiger partial charge in [0.2, 0.25) is 0 Å². The lowest BCUT2D eigenvalue weighted by Gasteiger charge is -2.31. The summed E-state index contributed by atoms with van der Waals surface area (Å²) < 4.78 is 6.12. The number of para-hydroxylation sites is 1. The third-order valence-corrected chi connectivity index (χ3v) is 4.63. The van der Waals surface area contributed by atoms with Gasteiger partial charge in [-0.2, -0.15) is 0 Å². The van der Waals surface area contributed by atoms with E-state index in [-0.39, 0.29) is 0 Å². The predicted molar refractivity (Wildman–Crippen MR) is 86.9 cm³/mol. The van der Waals surface area contributed by atoms with E-state index in [1.807, 2.05) is 0 Å². The molecule has 0 bridgehead atoms. The average molecular weight is 288 g/mol. The van der Waals surface area contributed by atoms with Crippen LogP contribution < -0.4 is 10.1 Å². The molecule has 1 aromatic carbocycles. The number of nitrogens with one attached hydrogen (secondary N) is 1.